The van der Waals surface area contributed by atoms with E-state index in [0.717, 1.165) is 37.7 Å². The molecule has 0 amide bonds. The number of nitrogens with one attached hydrogen (secondary N) is 1. The lowest BCUT2D eigenvalue weighted by atomic mass is 10.1. The first-order valence-electron chi connectivity index (χ1n) is 10.1. The molecule has 0 radical (unpaired) electrons. The summed E-state index contributed by atoms with van der Waals surface area (Å²) in [6.07, 6.45) is 4.08. The van der Waals surface area contributed by atoms with E-state index in [4.69, 9.17) is 0 Å². The molecule has 6 heteroatoms. The van der Waals surface area contributed by atoms with Crippen LogP contribution in [-0.2, 0) is 16.4 Å². The van der Waals surface area contributed by atoms with Crippen molar-refractivity contribution in [2.45, 2.75) is 24.3 Å². The molecule has 1 heterocycles. The van der Waals surface area contributed by atoms with Crippen molar-refractivity contribution < 1.29 is 8.42 Å². The molecule has 28 heavy (non-hydrogen) atoms. The predicted molar refractivity (Wildman–Crippen MR) is 115 cm³/mol. The number of sulfone groups is 1. The Bertz CT molecular complexity index is 900. The molecule has 2 aromatic rings. The van der Waals surface area contributed by atoms with Crippen LogP contribution >= 0.6 is 0 Å². The molecule has 1 N–H and O–H groups in total. The SMILES string of the molecule is CS(=O)(=O)c1ccccc1NCc1ccc(N2CCN(CC3CC3)CC2)cc1. The van der Waals surface area contributed by atoms with Crippen LogP contribution in [0.25, 0.3) is 0 Å². The molecule has 2 aromatic carbocycles. The quantitative estimate of drug-likeness (QED) is 0.775. The number of benzene rings is 2. The topological polar surface area (TPSA) is 52.7 Å². The number of hydrogen-bond acceptors (Lipinski definition) is 5. The van der Waals surface area contributed by atoms with Crippen molar-refractivity contribution in [3.63, 3.8) is 0 Å². The summed E-state index contributed by atoms with van der Waals surface area (Å²) in [6, 6.07) is 15.7. The van der Waals surface area contributed by atoms with Crippen LogP contribution in [0.2, 0.25) is 0 Å². The highest BCUT2D eigenvalue weighted by molar-refractivity contribution is 7.90. The second-order valence-corrected chi connectivity index (χ2v) is 10.0. The van der Waals surface area contributed by atoms with Gasteiger partial charge in [-0.15, -0.1) is 0 Å². The van der Waals surface area contributed by atoms with Gasteiger partial charge in [0.2, 0.25) is 0 Å². The molecule has 1 saturated heterocycles. The molecule has 4 rings (SSSR count). The van der Waals surface area contributed by atoms with Gasteiger partial charge in [0, 0.05) is 51.2 Å². The van der Waals surface area contributed by atoms with E-state index in [0.29, 0.717) is 17.1 Å². The fourth-order valence-corrected chi connectivity index (χ4v) is 4.68. The second kappa shape index (κ2) is 8.13. The van der Waals surface area contributed by atoms with Crippen LogP contribution in [0.1, 0.15) is 18.4 Å². The van der Waals surface area contributed by atoms with Gasteiger partial charge in [-0.25, -0.2) is 8.42 Å². The molecule has 0 spiro atoms. The molecule has 0 unspecified atom stereocenters. The lowest BCUT2D eigenvalue weighted by molar-refractivity contribution is 0.248. The third-order valence-corrected chi connectivity index (χ3v) is 6.81. The fourth-order valence-electron chi connectivity index (χ4n) is 3.81. The Labute approximate surface area is 168 Å². The number of hydrogen-bond donors (Lipinski definition) is 1. The maximum atomic E-state index is 11.9. The van der Waals surface area contributed by atoms with E-state index in [2.05, 4.69) is 39.4 Å². The third kappa shape index (κ3) is 4.86. The summed E-state index contributed by atoms with van der Waals surface area (Å²) in [7, 11) is -3.24. The number of rotatable bonds is 7. The lowest BCUT2D eigenvalue weighted by Gasteiger charge is -2.36. The van der Waals surface area contributed by atoms with E-state index in [1.165, 1.54) is 31.3 Å². The number of nitrogens with zero attached hydrogens (tertiary/aromatic N) is 2. The second-order valence-electron chi connectivity index (χ2n) is 8.02. The smallest absolute Gasteiger partial charge is 0.177 e. The van der Waals surface area contributed by atoms with Crippen molar-refractivity contribution in [1.29, 1.82) is 0 Å². The summed E-state index contributed by atoms with van der Waals surface area (Å²) < 4.78 is 23.8. The van der Waals surface area contributed by atoms with Crippen LogP contribution in [0.3, 0.4) is 0 Å². The average Bonchev–Trinajstić information content (AvgIpc) is 3.51. The summed E-state index contributed by atoms with van der Waals surface area (Å²) in [6.45, 7) is 6.37. The van der Waals surface area contributed by atoms with Gasteiger partial charge in [-0.05, 0) is 48.6 Å². The first-order valence-corrected chi connectivity index (χ1v) is 12.0. The first-order chi connectivity index (χ1) is 13.5. The van der Waals surface area contributed by atoms with Crippen LogP contribution in [0.15, 0.2) is 53.4 Å². The molecule has 0 bridgehead atoms. The minimum atomic E-state index is -3.24. The van der Waals surface area contributed by atoms with Gasteiger partial charge in [0.25, 0.3) is 0 Å². The summed E-state index contributed by atoms with van der Waals surface area (Å²) in [4.78, 5) is 5.40. The molecule has 0 atom stereocenters. The molecular weight excluding hydrogens is 370 g/mol. The predicted octanol–water partition coefficient (Wildman–Crippen LogP) is 3.23. The van der Waals surface area contributed by atoms with Gasteiger partial charge in [-0.1, -0.05) is 24.3 Å². The Balaban J connectivity index is 1.33. The molecule has 1 aliphatic carbocycles. The number of para-hydroxylation sites is 1. The van der Waals surface area contributed by atoms with Gasteiger partial charge < -0.3 is 10.2 Å². The van der Waals surface area contributed by atoms with Crippen LogP contribution in [-0.4, -0.2) is 52.3 Å². The van der Waals surface area contributed by atoms with Crippen LogP contribution in [0.5, 0.6) is 0 Å². The Hall–Kier alpha value is -2.05. The zero-order chi connectivity index (χ0) is 19.6. The van der Waals surface area contributed by atoms with Crippen LogP contribution in [0, 0.1) is 5.92 Å². The zero-order valence-electron chi connectivity index (χ0n) is 16.5. The van der Waals surface area contributed by atoms with Crippen molar-refractivity contribution in [3.8, 4) is 0 Å². The Kier molecular flexibility index (Phi) is 5.60. The highest BCUT2D eigenvalue weighted by Crippen LogP contribution is 2.30. The van der Waals surface area contributed by atoms with Crippen molar-refractivity contribution in [2.24, 2.45) is 5.92 Å². The van der Waals surface area contributed by atoms with E-state index in [9.17, 15) is 8.42 Å². The number of anilines is 2. The molecule has 1 saturated carbocycles. The summed E-state index contributed by atoms with van der Waals surface area (Å²) in [5.74, 6) is 0.964. The van der Waals surface area contributed by atoms with Gasteiger partial charge in [0.05, 0.1) is 10.6 Å². The van der Waals surface area contributed by atoms with E-state index in [1.807, 2.05) is 12.1 Å². The minimum absolute atomic E-state index is 0.343. The van der Waals surface area contributed by atoms with Gasteiger partial charge in [-0.3, -0.25) is 4.90 Å². The standard InChI is InChI=1S/C22H29N3O2S/c1-28(26,27)22-5-3-2-4-21(22)23-16-18-8-10-20(11-9-18)25-14-12-24(13-15-25)17-19-6-7-19/h2-5,8-11,19,23H,6-7,12-17H2,1H3. The van der Waals surface area contributed by atoms with Gasteiger partial charge in [0.1, 0.15) is 0 Å². The molecule has 2 fully saturated rings. The molecule has 150 valence electrons. The van der Waals surface area contributed by atoms with Gasteiger partial charge in [-0.2, -0.15) is 0 Å². The van der Waals surface area contributed by atoms with Gasteiger partial charge >= 0.3 is 0 Å². The monoisotopic (exact) mass is 399 g/mol. The van der Waals surface area contributed by atoms with E-state index in [1.54, 1.807) is 12.1 Å². The summed E-state index contributed by atoms with van der Waals surface area (Å²) in [5.41, 5.74) is 3.06. The largest absolute Gasteiger partial charge is 0.380 e. The van der Waals surface area contributed by atoms with Crippen molar-refractivity contribution >= 4 is 21.2 Å². The summed E-state index contributed by atoms with van der Waals surface area (Å²) in [5, 5.41) is 3.27. The Morgan fingerprint density at radius 2 is 1.64 bits per heavy atom. The van der Waals surface area contributed by atoms with E-state index < -0.39 is 9.84 Å². The average molecular weight is 400 g/mol. The maximum absolute atomic E-state index is 11.9. The molecule has 2 aliphatic rings. The van der Waals surface area contributed by atoms with E-state index in [-0.39, 0.29) is 0 Å². The highest BCUT2D eigenvalue weighted by atomic mass is 32.2. The molecule has 5 nitrogen and oxygen atoms in total. The van der Waals surface area contributed by atoms with Crippen LogP contribution < -0.4 is 10.2 Å². The van der Waals surface area contributed by atoms with Gasteiger partial charge in [0.15, 0.2) is 9.84 Å². The molecule has 0 aromatic heterocycles. The van der Waals surface area contributed by atoms with E-state index >= 15 is 0 Å². The zero-order valence-corrected chi connectivity index (χ0v) is 17.3. The molecular formula is C22H29N3O2S. The highest BCUT2D eigenvalue weighted by Gasteiger charge is 2.26. The third-order valence-electron chi connectivity index (χ3n) is 5.66. The number of piperazine rings is 1. The fraction of sp³-hybridized carbons (Fsp3) is 0.455. The Morgan fingerprint density at radius 1 is 0.964 bits per heavy atom. The first kappa shape index (κ1) is 19.3. The van der Waals surface area contributed by atoms with Crippen molar-refractivity contribution in [3.05, 3.63) is 54.1 Å². The normalized spacial score (nSPS) is 18.2. The van der Waals surface area contributed by atoms with Crippen molar-refractivity contribution in [1.82, 2.24) is 4.90 Å². The van der Waals surface area contributed by atoms with Crippen LogP contribution in [0.4, 0.5) is 11.4 Å². The Morgan fingerprint density at radius 3 is 2.29 bits per heavy atom. The summed E-state index contributed by atoms with van der Waals surface area (Å²) >= 11 is 0. The maximum Gasteiger partial charge on any atom is 0.177 e. The van der Waals surface area contributed by atoms with Crippen molar-refractivity contribution in [2.75, 3.05) is 49.2 Å². The lowest BCUT2D eigenvalue weighted by Crippen LogP contribution is -2.47. The minimum Gasteiger partial charge on any atom is -0.380 e. The molecule has 1 aliphatic heterocycles.